The van der Waals surface area contributed by atoms with Crippen LogP contribution in [0, 0.1) is 6.92 Å². The van der Waals surface area contributed by atoms with Crippen LogP contribution in [-0.4, -0.2) is 31.2 Å². The van der Waals surface area contributed by atoms with Gasteiger partial charge in [0.2, 0.25) is 0 Å². The maximum absolute atomic E-state index is 4.34. The van der Waals surface area contributed by atoms with Crippen molar-refractivity contribution in [3.8, 4) is 0 Å². The molecule has 1 fully saturated rings. The molecule has 0 atom stereocenters. The lowest BCUT2D eigenvalue weighted by Crippen LogP contribution is -2.56. The molecule has 0 aromatic carbocycles. The lowest BCUT2D eigenvalue weighted by Gasteiger charge is -2.36. The van der Waals surface area contributed by atoms with Crippen LogP contribution in [0.5, 0.6) is 0 Å². The fourth-order valence-electron chi connectivity index (χ4n) is 1.45. The van der Waals surface area contributed by atoms with Crippen molar-refractivity contribution >= 4 is 5.82 Å². The van der Waals surface area contributed by atoms with E-state index in [2.05, 4.69) is 35.2 Å². The first-order chi connectivity index (χ1) is 6.27. The molecule has 1 aromatic heterocycles. The molecule has 3 nitrogen and oxygen atoms in total. The van der Waals surface area contributed by atoms with Crippen LogP contribution >= 0.6 is 0 Å². The summed E-state index contributed by atoms with van der Waals surface area (Å²) < 4.78 is 0. The van der Waals surface area contributed by atoms with Gasteiger partial charge in [-0.15, -0.1) is 0 Å². The summed E-state index contributed by atoms with van der Waals surface area (Å²) in [5, 5.41) is 3.26. The van der Waals surface area contributed by atoms with Gasteiger partial charge in [0, 0.05) is 26.3 Å². The van der Waals surface area contributed by atoms with Crippen LogP contribution in [0.15, 0.2) is 18.3 Å². The second-order valence-electron chi connectivity index (χ2n) is 3.61. The van der Waals surface area contributed by atoms with Crippen molar-refractivity contribution in [1.29, 1.82) is 0 Å². The SMILES string of the molecule is Cc1ccnc(N(C)C2CNC2)c1. The molecule has 0 amide bonds. The van der Waals surface area contributed by atoms with Crippen LogP contribution in [0.25, 0.3) is 0 Å². The van der Waals surface area contributed by atoms with Gasteiger partial charge in [-0.2, -0.15) is 0 Å². The first kappa shape index (κ1) is 8.51. The van der Waals surface area contributed by atoms with Gasteiger partial charge in [0.15, 0.2) is 0 Å². The van der Waals surface area contributed by atoms with Gasteiger partial charge >= 0.3 is 0 Å². The molecular formula is C10H15N3. The van der Waals surface area contributed by atoms with E-state index in [0.717, 1.165) is 18.9 Å². The van der Waals surface area contributed by atoms with Crippen molar-refractivity contribution in [3.63, 3.8) is 0 Å². The number of aromatic nitrogens is 1. The molecule has 1 saturated heterocycles. The quantitative estimate of drug-likeness (QED) is 0.724. The van der Waals surface area contributed by atoms with Gasteiger partial charge in [-0.25, -0.2) is 4.98 Å². The Balaban J connectivity index is 2.14. The first-order valence-electron chi connectivity index (χ1n) is 4.63. The number of rotatable bonds is 2. The summed E-state index contributed by atoms with van der Waals surface area (Å²) in [4.78, 5) is 6.58. The lowest BCUT2D eigenvalue weighted by atomic mass is 10.1. The highest BCUT2D eigenvalue weighted by Gasteiger charge is 2.22. The van der Waals surface area contributed by atoms with Gasteiger partial charge in [-0.05, 0) is 24.6 Å². The Hall–Kier alpha value is -1.09. The van der Waals surface area contributed by atoms with E-state index in [1.165, 1.54) is 5.56 Å². The van der Waals surface area contributed by atoms with Crippen molar-refractivity contribution in [1.82, 2.24) is 10.3 Å². The summed E-state index contributed by atoms with van der Waals surface area (Å²) in [5.74, 6) is 1.08. The number of aryl methyl sites for hydroxylation is 1. The summed E-state index contributed by atoms with van der Waals surface area (Å²) in [6.45, 7) is 4.25. The van der Waals surface area contributed by atoms with Gasteiger partial charge in [0.05, 0.1) is 6.04 Å². The first-order valence-corrected chi connectivity index (χ1v) is 4.63. The molecule has 0 unspecified atom stereocenters. The van der Waals surface area contributed by atoms with Crippen LogP contribution in [0.4, 0.5) is 5.82 Å². The van der Waals surface area contributed by atoms with E-state index in [0.29, 0.717) is 6.04 Å². The molecule has 1 N–H and O–H groups in total. The van der Waals surface area contributed by atoms with Crippen LogP contribution in [0.3, 0.4) is 0 Å². The highest BCUT2D eigenvalue weighted by molar-refractivity contribution is 5.41. The van der Waals surface area contributed by atoms with Crippen molar-refractivity contribution in [3.05, 3.63) is 23.9 Å². The number of likely N-dealkylation sites (N-methyl/N-ethyl adjacent to an activating group) is 1. The topological polar surface area (TPSA) is 28.2 Å². The third-order valence-corrected chi connectivity index (χ3v) is 2.57. The molecule has 0 bridgehead atoms. The van der Waals surface area contributed by atoms with Crippen molar-refractivity contribution < 1.29 is 0 Å². The average molecular weight is 177 g/mol. The Kier molecular flexibility index (Phi) is 2.19. The normalized spacial score (nSPS) is 16.8. The summed E-state index contributed by atoms with van der Waals surface area (Å²) in [6.07, 6.45) is 1.87. The molecule has 0 aliphatic carbocycles. The van der Waals surface area contributed by atoms with Crippen LogP contribution < -0.4 is 10.2 Å². The molecule has 1 aliphatic rings. The Bertz CT molecular complexity index is 294. The molecular weight excluding hydrogens is 162 g/mol. The minimum atomic E-state index is 0.620. The molecule has 70 valence electrons. The lowest BCUT2D eigenvalue weighted by molar-refractivity contribution is 0.427. The highest BCUT2D eigenvalue weighted by Crippen LogP contribution is 2.14. The Morgan fingerprint density at radius 3 is 2.85 bits per heavy atom. The third-order valence-electron chi connectivity index (χ3n) is 2.57. The predicted octanol–water partition coefficient (Wildman–Crippen LogP) is 0.798. The number of nitrogens with zero attached hydrogens (tertiary/aromatic N) is 2. The monoisotopic (exact) mass is 177 g/mol. The Labute approximate surface area is 78.8 Å². The molecule has 2 rings (SSSR count). The summed E-state index contributed by atoms with van der Waals surface area (Å²) in [6, 6.07) is 4.77. The van der Waals surface area contributed by atoms with Gasteiger partial charge in [-0.3, -0.25) is 0 Å². The molecule has 2 heterocycles. The van der Waals surface area contributed by atoms with E-state index in [1.807, 2.05) is 12.3 Å². The van der Waals surface area contributed by atoms with Gasteiger partial charge in [-0.1, -0.05) is 0 Å². The average Bonchev–Trinajstić information content (AvgIpc) is 2.01. The standard InChI is InChI=1S/C10H15N3/c1-8-3-4-12-10(5-8)13(2)9-6-11-7-9/h3-5,9,11H,6-7H2,1-2H3. The Morgan fingerprint density at radius 1 is 1.54 bits per heavy atom. The zero-order valence-corrected chi connectivity index (χ0v) is 8.12. The minimum Gasteiger partial charge on any atom is -0.354 e. The van der Waals surface area contributed by atoms with Gasteiger partial charge < -0.3 is 10.2 Å². The maximum Gasteiger partial charge on any atom is 0.128 e. The number of anilines is 1. The van der Waals surface area contributed by atoms with E-state index >= 15 is 0 Å². The zero-order valence-electron chi connectivity index (χ0n) is 8.12. The van der Waals surface area contributed by atoms with Crippen molar-refractivity contribution in [2.75, 3.05) is 25.0 Å². The molecule has 0 radical (unpaired) electrons. The zero-order chi connectivity index (χ0) is 9.26. The second kappa shape index (κ2) is 3.34. The largest absolute Gasteiger partial charge is 0.354 e. The fraction of sp³-hybridized carbons (Fsp3) is 0.500. The maximum atomic E-state index is 4.34. The number of hydrogen-bond acceptors (Lipinski definition) is 3. The number of hydrogen-bond donors (Lipinski definition) is 1. The molecule has 0 spiro atoms. The predicted molar refractivity (Wildman–Crippen MR) is 54.0 cm³/mol. The van der Waals surface area contributed by atoms with Crippen LogP contribution in [0.1, 0.15) is 5.56 Å². The van der Waals surface area contributed by atoms with Crippen LogP contribution in [-0.2, 0) is 0 Å². The molecule has 3 heteroatoms. The number of nitrogens with one attached hydrogen (secondary N) is 1. The van der Waals surface area contributed by atoms with E-state index < -0.39 is 0 Å². The summed E-state index contributed by atoms with van der Waals surface area (Å²) >= 11 is 0. The van der Waals surface area contributed by atoms with Gasteiger partial charge in [0.25, 0.3) is 0 Å². The number of pyridine rings is 1. The van der Waals surface area contributed by atoms with E-state index in [-0.39, 0.29) is 0 Å². The highest BCUT2D eigenvalue weighted by atomic mass is 15.2. The molecule has 0 saturated carbocycles. The molecule has 1 aromatic rings. The van der Waals surface area contributed by atoms with Crippen LogP contribution in [0.2, 0.25) is 0 Å². The molecule has 1 aliphatic heterocycles. The van der Waals surface area contributed by atoms with Crippen molar-refractivity contribution in [2.24, 2.45) is 0 Å². The van der Waals surface area contributed by atoms with Crippen molar-refractivity contribution in [2.45, 2.75) is 13.0 Å². The fourth-order valence-corrected chi connectivity index (χ4v) is 1.45. The van der Waals surface area contributed by atoms with E-state index in [1.54, 1.807) is 0 Å². The minimum absolute atomic E-state index is 0.620. The second-order valence-corrected chi connectivity index (χ2v) is 3.61. The van der Waals surface area contributed by atoms with Gasteiger partial charge in [0.1, 0.15) is 5.82 Å². The third kappa shape index (κ3) is 1.65. The summed E-state index contributed by atoms with van der Waals surface area (Å²) in [7, 11) is 2.10. The van der Waals surface area contributed by atoms with E-state index in [4.69, 9.17) is 0 Å². The smallest absolute Gasteiger partial charge is 0.128 e. The van der Waals surface area contributed by atoms with E-state index in [9.17, 15) is 0 Å². The molecule has 13 heavy (non-hydrogen) atoms. The summed E-state index contributed by atoms with van der Waals surface area (Å²) in [5.41, 5.74) is 1.27. The Morgan fingerprint density at radius 2 is 2.31 bits per heavy atom.